The first-order valence-electron chi connectivity index (χ1n) is 11.5. The number of hydrogen-bond acceptors (Lipinski definition) is 9. The van der Waals surface area contributed by atoms with Crippen LogP contribution >= 0.6 is 35.3 Å². The van der Waals surface area contributed by atoms with E-state index >= 15 is 0 Å². The molecule has 1 aliphatic rings. The number of thioether (sulfide) groups is 1. The second kappa shape index (κ2) is 13.5. The molecule has 0 spiro atoms. The number of aryl methyl sites for hydroxylation is 1. The molecule has 2 aromatic rings. The van der Waals surface area contributed by atoms with E-state index in [1.165, 1.54) is 30.2 Å². The molecule has 1 aromatic heterocycles. The van der Waals surface area contributed by atoms with Gasteiger partial charge in [0.05, 0.1) is 17.6 Å². The van der Waals surface area contributed by atoms with Crippen LogP contribution in [0.5, 0.6) is 0 Å². The van der Waals surface area contributed by atoms with Crippen molar-refractivity contribution in [3.8, 4) is 0 Å². The van der Waals surface area contributed by atoms with Gasteiger partial charge in [0.25, 0.3) is 5.91 Å². The van der Waals surface area contributed by atoms with Gasteiger partial charge in [0.1, 0.15) is 9.33 Å². The molecule has 3 rings (SSSR count). The van der Waals surface area contributed by atoms with Crippen molar-refractivity contribution >= 4 is 68.6 Å². The number of ether oxygens (including phenoxy) is 1. The number of carbonyl (C=O) groups excluding carboxylic acids is 3. The number of nitrogens with one attached hydrogen (secondary N) is 1. The zero-order valence-corrected chi connectivity index (χ0v) is 22.2. The molecule has 2 amide bonds. The van der Waals surface area contributed by atoms with Crippen molar-refractivity contribution in [2.75, 3.05) is 19.0 Å². The summed E-state index contributed by atoms with van der Waals surface area (Å²) in [6.07, 6.45) is 7.47. The van der Waals surface area contributed by atoms with Crippen molar-refractivity contribution < 1.29 is 19.1 Å². The third kappa shape index (κ3) is 7.94. The molecule has 8 nitrogen and oxygen atoms in total. The van der Waals surface area contributed by atoms with Crippen LogP contribution in [0.1, 0.15) is 66.4 Å². The molecule has 0 unspecified atom stereocenters. The lowest BCUT2D eigenvalue weighted by Crippen LogP contribution is -2.29. The van der Waals surface area contributed by atoms with Crippen molar-refractivity contribution in [3.63, 3.8) is 0 Å². The Balaban J connectivity index is 1.40. The first-order chi connectivity index (χ1) is 16.9. The summed E-state index contributed by atoms with van der Waals surface area (Å²) in [6, 6.07) is 6.84. The third-order valence-electron chi connectivity index (χ3n) is 5.25. The molecule has 0 radical (unpaired) electrons. The highest BCUT2D eigenvalue weighted by Crippen LogP contribution is 2.32. The predicted molar refractivity (Wildman–Crippen MR) is 143 cm³/mol. The zero-order chi connectivity index (χ0) is 25.2. The number of nitrogens with zero attached hydrogens (tertiary/aromatic N) is 3. The fraction of sp³-hybridized carbons (Fsp3) is 0.417. The number of amides is 2. The second-order valence-electron chi connectivity index (χ2n) is 7.91. The molecule has 0 aliphatic carbocycles. The first-order valence-corrected chi connectivity index (χ1v) is 13.5. The maximum Gasteiger partial charge on any atom is 0.337 e. The molecule has 0 saturated carbocycles. The predicted octanol–water partition coefficient (Wildman–Crippen LogP) is 5.07. The maximum absolute atomic E-state index is 12.8. The number of unbranched alkanes of at least 4 members (excludes halogenated alkanes) is 3. The van der Waals surface area contributed by atoms with Gasteiger partial charge in [0.15, 0.2) is 0 Å². The topological polar surface area (TPSA) is 101 Å². The van der Waals surface area contributed by atoms with Gasteiger partial charge in [-0.2, -0.15) is 0 Å². The molecule has 186 valence electrons. The zero-order valence-electron chi connectivity index (χ0n) is 19.7. The molecular formula is C24H28N4O4S3. The highest BCUT2D eigenvalue weighted by atomic mass is 32.2. The molecule has 0 bridgehead atoms. The van der Waals surface area contributed by atoms with Gasteiger partial charge in [0.2, 0.25) is 11.0 Å². The van der Waals surface area contributed by atoms with E-state index in [1.54, 1.807) is 35.2 Å². The summed E-state index contributed by atoms with van der Waals surface area (Å²) in [5, 5.41) is 12.4. The van der Waals surface area contributed by atoms with Gasteiger partial charge in [-0.3, -0.25) is 14.5 Å². The normalized spacial score (nSPS) is 14.6. The summed E-state index contributed by atoms with van der Waals surface area (Å²) in [5.41, 5.74) is 1.25. The van der Waals surface area contributed by atoms with Crippen LogP contribution in [0.2, 0.25) is 0 Å². The molecular weight excluding hydrogens is 504 g/mol. The fourth-order valence-corrected chi connectivity index (χ4v) is 5.43. The Hall–Kier alpha value is -2.63. The number of anilines is 1. The largest absolute Gasteiger partial charge is 0.465 e. The van der Waals surface area contributed by atoms with Crippen molar-refractivity contribution in [1.82, 2.24) is 15.1 Å². The van der Waals surface area contributed by atoms with E-state index in [9.17, 15) is 14.4 Å². The van der Waals surface area contributed by atoms with Crippen LogP contribution in [0.4, 0.5) is 5.13 Å². The Bertz CT molecular complexity index is 1100. The monoisotopic (exact) mass is 532 g/mol. The molecule has 2 heterocycles. The number of carbonyl (C=O) groups is 3. The van der Waals surface area contributed by atoms with Gasteiger partial charge < -0.3 is 10.1 Å². The molecule has 35 heavy (non-hydrogen) atoms. The molecule has 1 fully saturated rings. The van der Waals surface area contributed by atoms with Gasteiger partial charge in [0, 0.05) is 19.4 Å². The highest BCUT2D eigenvalue weighted by molar-refractivity contribution is 8.26. The Morgan fingerprint density at radius 2 is 1.91 bits per heavy atom. The standard InChI is InChI=1S/C24H28N4O4S3/c1-3-4-9-20-26-27-23(35-20)25-19(29)8-6-5-7-14-28-21(30)18(34-24(28)33)15-16-10-12-17(13-11-16)22(31)32-2/h10-13,15H,3-9,14H2,1-2H3,(H,25,27,29)/b18-15-. The molecule has 1 aromatic carbocycles. The lowest BCUT2D eigenvalue weighted by Gasteiger charge is -2.14. The van der Waals surface area contributed by atoms with Crippen LogP contribution in [-0.2, 0) is 20.7 Å². The second-order valence-corrected chi connectivity index (χ2v) is 10.6. The Morgan fingerprint density at radius 1 is 1.14 bits per heavy atom. The summed E-state index contributed by atoms with van der Waals surface area (Å²) >= 11 is 8.09. The molecule has 0 atom stereocenters. The summed E-state index contributed by atoms with van der Waals surface area (Å²) in [6.45, 7) is 2.64. The number of thiocarbonyl (C=S) groups is 1. The van der Waals surface area contributed by atoms with Crippen LogP contribution in [0.3, 0.4) is 0 Å². The van der Waals surface area contributed by atoms with E-state index < -0.39 is 5.97 Å². The van der Waals surface area contributed by atoms with Crippen LogP contribution in [0.25, 0.3) is 6.08 Å². The number of benzene rings is 1. The van der Waals surface area contributed by atoms with Crippen molar-refractivity contribution in [2.24, 2.45) is 0 Å². The average Bonchev–Trinajstić information content (AvgIpc) is 3.41. The lowest BCUT2D eigenvalue weighted by atomic mass is 10.1. The number of rotatable bonds is 12. The van der Waals surface area contributed by atoms with Crippen LogP contribution in [-0.4, -0.2) is 50.9 Å². The Labute approximate surface area is 218 Å². The van der Waals surface area contributed by atoms with Gasteiger partial charge in [-0.1, -0.05) is 67.2 Å². The van der Waals surface area contributed by atoms with Crippen molar-refractivity contribution in [2.45, 2.75) is 51.9 Å². The van der Waals surface area contributed by atoms with Gasteiger partial charge >= 0.3 is 5.97 Å². The van der Waals surface area contributed by atoms with E-state index in [0.717, 1.165) is 42.7 Å². The SMILES string of the molecule is CCCCc1nnc(NC(=O)CCCCCN2C(=O)/C(=C/c3ccc(C(=O)OC)cc3)SC2=S)s1. The number of esters is 1. The van der Waals surface area contributed by atoms with Crippen molar-refractivity contribution in [3.05, 3.63) is 45.3 Å². The smallest absolute Gasteiger partial charge is 0.337 e. The van der Waals surface area contributed by atoms with Crippen LogP contribution in [0, 0.1) is 0 Å². The first kappa shape index (κ1) is 27.0. The van der Waals surface area contributed by atoms with E-state index in [1.807, 2.05) is 0 Å². The van der Waals surface area contributed by atoms with E-state index in [-0.39, 0.29) is 11.8 Å². The number of methoxy groups -OCH3 is 1. The summed E-state index contributed by atoms with van der Waals surface area (Å²) in [7, 11) is 1.33. The van der Waals surface area contributed by atoms with Gasteiger partial charge in [-0.05, 0) is 43.0 Å². The van der Waals surface area contributed by atoms with E-state index in [4.69, 9.17) is 17.0 Å². The van der Waals surface area contributed by atoms with Crippen molar-refractivity contribution in [1.29, 1.82) is 0 Å². The number of aromatic nitrogens is 2. The molecule has 1 saturated heterocycles. The third-order valence-corrected chi connectivity index (χ3v) is 7.52. The minimum Gasteiger partial charge on any atom is -0.465 e. The summed E-state index contributed by atoms with van der Waals surface area (Å²) in [5.74, 6) is -0.600. The quantitative estimate of drug-likeness (QED) is 0.175. The van der Waals surface area contributed by atoms with E-state index in [2.05, 4.69) is 22.4 Å². The Kier molecular flexibility index (Phi) is 10.4. The van der Waals surface area contributed by atoms with Crippen LogP contribution < -0.4 is 5.32 Å². The summed E-state index contributed by atoms with van der Waals surface area (Å²) in [4.78, 5) is 38.7. The summed E-state index contributed by atoms with van der Waals surface area (Å²) < 4.78 is 5.23. The minimum atomic E-state index is -0.405. The minimum absolute atomic E-state index is 0.0741. The lowest BCUT2D eigenvalue weighted by molar-refractivity contribution is -0.122. The van der Waals surface area contributed by atoms with Gasteiger partial charge in [-0.15, -0.1) is 10.2 Å². The van der Waals surface area contributed by atoms with E-state index in [0.29, 0.717) is 39.3 Å². The number of hydrogen-bond donors (Lipinski definition) is 1. The van der Waals surface area contributed by atoms with Crippen LogP contribution in [0.15, 0.2) is 29.2 Å². The molecule has 11 heteroatoms. The maximum atomic E-state index is 12.8. The molecule has 1 aliphatic heterocycles. The average molecular weight is 533 g/mol. The highest BCUT2D eigenvalue weighted by Gasteiger charge is 2.31. The Morgan fingerprint density at radius 3 is 2.63 bits per heavy atom. The fourth-order valence-electron chi connectivity index (χ4n) is 3.32. The molecule has 1 N–H and O–H groups in total. The van der Waals surface area contributed by atoms with Gasteiger partial charge in [-0.25, -0.2) is 4.79 Å².